The molecule has 4 rings (SSSR count). The van der Waals surface area contributed by atoms with Crippen molar-refractivity contribution in [3.8, 4) is 0 Å². The molecule has 8 heteroatoms. The Bertz CT molecular complexity index is 856. The number of nitrogens with zero attached hydrogens (tertiary/aromatic N) is 4. The van der Waals surface area contributed by atoms with Crippen molar-refractivity contribution in [2.45, 2.75) is 52.2 Å². The van der Waals surface area contributed by atoms with Gasteiger partial charge >= 0.3 is 5.97 Å². The zero-order chi connectivity index (χ0) is 17.7. The predicted octanol–water partition coefficient (Wildman–Crippen LogP) is 1.88. The second kappa shape index (κ2) is 5.94. The number of carboxylic acid groups (broad SMARTS) is 1. The van der Waals surface area contributed by atoms with Crippen molar-refractivity contribution in [1.29, 1.82) is 0 Å². The summed E-state index contributed by atoms with van der Waals surface area (Å²) in [7, 11) is 0. The van der Waals surface area contributed by atoms with Crippen molar-refractivity contribution in [3.63, 3.8) is 0 Å². The molecule has 0 bridgehead atoms. The minimum atomic E-state index is -0.998. The summed E-state index contributed by atoms with van der Waals surface area (Å²) in [4.78, 5) is 28.1. The zero-order valence-electron chi connectivity index (χ0n) is 14.2. The number of hydrogen-bond acceptors (Lipinski definition) is 5. The molecule has 0 spiro atoms. The van der Waals surface area contributed by atoms with Crippen LogP contribution >= 0.6 is 11.3 Å². The molecule has 1 amide bonds. The average molecular weight is 360 g/mol. The predicted molar refractivity (Wildman–Crippen MR) is 91.6 cm³/mol. The molecule has 1 N–H and O–H groups in total. The summed E-state index contributed by atoms with van der Waals surface area (Å²) in [6, 6.07) is 1.06. The van der Waals surface area contributed by atoms with Gasteiger partial charge in [0.15, 0.2) is 5.82 Å². The maximum absolute atomic E-state index is 13.0. The van der Waals surface area contributed by atoms with Gasteiger partial charge in [-0.15, -0.1) is 21.5 Å². The molecule has 7 nitrogen and oxygen atoms in total. The van der Waals surface area contributed by atoms with Gasteiger partial charge in [0.05, 0.1) is 18.0 Å². The van der Waals surface area contributed by atoms with Gasteiger partial charge in [-0.2, -0.15) is 0 Å². The number of rotatable bonds is 2. The number of aliphatic carboxylic acids is 1. The van der Waals surface area contributed by atoms with E-state index in [-0.39, 0.29) is 19.0 Å². The lowest BCUT2D eigenvalue weighted by Gasteiger charge is -2.33. The number of fused-ring (bicyclic) bond motifs is 2. The third-order valence-electron chi connectivity index (χ3n) is 5.14. The second-order valence-electron chi connectivity index (χ2n) is 6.97. The van der Waals surface area contributed by atoms with Crippen molar-refractivity contribution < 1.29 is 14.7 Å². The summed E-state index contributed by atoms with van der Waals surface area (Å²) in [5.74, 6) is 0.731. The first-order valence-electron chi connectivity index (χ1n) is 8.48. The Morgan fingerprint density at radius 2 is 2.16 bits per heavy atom. The first kappa shape index (κ1) is 16.3. The fraction of sp³-hybridized carbons (Fsp3) is 0.529. The summed E-state index contributed by atoms with van der Waals surface area (Å²) in [5, 5.41) is 17.7. The van der Waals surface area contributed by atoms with E-state index in [0.29, 0.717) is 22.4 Å². The Kier molecular flexibility index (Phi) is 3.87. The number of amides is 1. The number of hydrogen-bond donors (Lipinski definition) is 1. The molecule has 0 saturated carbocycles. The van der Waals surface area contributed by atoms with Gasteiger partial charge < -0.3 is 14.6 Å². The molecule has 2 unspecified atom stereocenters. The van der Waals surface area contributed by atoms with Crippen LogP contribution in [0.2, 0.25) is 0 Å². The summed E-state index contributed by atoms with van der Waals surface area (Å²) < 4.78 is 1.78. The van der Waals surface area contributed by atoms with E-state index in [9.17, 15) is 14.7 Å². The van der Waals surface area contributed by atoms with Gasteiger partial charge in [0.1, 0.15) is 11.9 Å². The van der Waals surface area contributed by atoms with E-state index < -0.39 is 12.0 Å². The monoisotopic (exact) mass is 360 g/mol. The normalized spacial score (nSPS) is 22.4. The topological polar surface area (TPSA) is 88.3 Å². The first-order chi connectivity index (χ1) is 11.9. The Labute approximate surface area is 149 Å². The van der Waals surface area contributed by atoms with Crippen LogP contribution < -0.4 is 0 Å². The zero-order valence-corrected chi connectivity index (χ0v) is 15.0. The van der Waals surface area contributed by atoms with Crippen LogP contribution in [0, 0.1) is 12.8 Å². The van der Waals surface area contributed by atoms with Crippen molar-refractivity contribution >= 4 is 23.2 Å². The highest BCUT2D eigenvalue weighted by atomic mass is 32.1. The van der Waals surface area contributed by atoms with Crippen LogP contribution in [0.15, 0.2) is 6.07 Å². The van der Waals surface area contributed by atoms with Crippen LogP contribution in [0.1, 0.15) is 45.1 Å². The number of thiophene rings is 1. The van der Waals surface area contributed by atoms with Crippen LogP contribution in [0.3, 0.4) is 0 Å². The number of aryl methyl sites for hydroxylation is 2. The van der Waals surface area contributed by atoms with E-state index in [0.717, 1.165) is 19.3 Å². The summed E-state index contributed by atoms with van der Waals surface area (Å²) in [6.45, 7) is 4.39. The van der Waals surface area contributed by atoms with Crippen LogP contribution in [0.25, 0.3) is 0 Å². The van der Waals surface area contributed by atoms with E-state index in [1.807, 2.05) is 6.07 Å². The molecule has 0 saturated heterocycles. The largest absolute Gasteiger partial charge is 0.480 e. The van der Waals surface area contributed by atoms with E-state index in [1.54, 1.807) is 11.5 Å². The quantitative estimate of drug-likeness (QED) is 0.883. The maximum atomic E-state index is 13.0. The lowest BCUT2D eigenvalue weighted by atomic mass is 9.90. The fourth-order valence-corrected chi connectivity index (χ4v) is 4.86. The minimum absolute atomic E-state index is 0.176. The molecule has 2 atom stereocenters. The highest BCUT2D eigenvalue weighted by molar-refractivity contribution is 7.14. The van der Waals surface area contributed by atoms with Gasteiger partial charge in [0.25, 0.3) is 5.91 Å². The molecule has 132 valence electrons. The average Bonchev–Trinajstić information content (AvgIpc) is 3.16. The molecule has 2 aliphatic rings. The smallest absolute Gasteiger partial charge is 0.328 e. The van der Waals surface area contributed by atoms with Crippen LogP contribution in [0.5, 0.6) is 0 Å². The highest BCUT2D eigenvalue weighted by Crippen LogP contribution is 2.33. The molecule has 0 aromatic carbocycles. The van der Waals surface area contributed by atoms with Crippen molar-refractivity contribution in [2.24, 2.45) is 5.92 Å². The third kappa shape index (κ3) is 2.74. The van der Waals surface area contributed by atoms with Gasteiger partial charge in [0.2, 0.25) is 0 Å². The molecular formula is C17H20N4O3S. The Morgan fingerprint density at radius 3 is 2.92 bits per heavy atom. The maximum Gasteiger partial charge on any atom is 0.328 e. The molecule has 2 aromatic heterocycles. The highest BCUT2D eigenvalue weighted by Gasteiger charge is 2.37. The molecule has 0 radical (unpaired) electrons. The summed E-state index contributed by atoms with van der Waals surface area (Å²) in [5.41, 5.74) is 1.25. The molecule has 3 heterocycles. The lowest BCUT2D eigenvalue weighted by Crippen LogP contribution is -2.50. The van der Waals surface area contributed by atoms with Crippen LogP contribution in [-0.4, -0.2) is 42.7 Å². The minimum Gasteiger partial charge on any atom is -0.480 e. The second-order valence-corrected chi connectivity index (χ2v) is 8.10. The standard InChI is InChI=1S/C17H20N4O3S/c1-9-3-4-13-11(5-9)6-14(25-13)16(22)21-8-15-19-18-10(2)20(15)7-12(21)17(23)24/h6,9,12H,3-5,7-8H2,1-2H3,(H,23,24). The van der Waals surface area contributed by atoms with E-state index in [1.165, 1.54) is 26.7 Å². The molecular weight excluding hydrogens is 340 g/mol. The van der Waals surface area contributed by atoms with Gasteiger partial charge in [0, 0.05) is 4.88 Å². The van der Waals surface area contributed by atoms with E-state index >= 15 is 0 Å². The summed E-state index contributed by atoms with van der Waals surface area (Å²) in [6.07, 6.45) is 3.14. The Morgan fingerprint density at radius 1 is 1.36 bits per heavy atom. The van der Waals surface area contributed by atoms with E-state index in [2.05, 4.69) is 17.1 Å². The summed E-state index contributed by atoms with van der Waals surface area (Å²) >= 11 is 1.51. The Hall–Kier alpha value is -2.22. The molecule has 0 fully saturated rings. The fourth-order valence-electron chi connectivity index (χ4n) is 3.69. The number of carboxylic acids is 1. The van der Waals surface area contributed by atoms with Gasteiger partial charge in [-0.25, -0.2) is 4.79 Å². The SMILES string of the molecule is Cc1nnc2n1CC(C(=O)O)N(C(=O)c1cc3c(s1)CCC(C)C3)C2. The van der Waals surface area contributed by atoms with Crippen molar-refractivity contribution in [3.05, 3.63) is 33.0 Å². The van der Waals surface area contributed by atoms with Crippen LogP contribution in [-0.2, 0) is 30.7 Å². The Balaban J connectivity index is 1.65. The van der Waals surface area contributed by atoms with Gasteiger partial charge in [-0.3, -0.25) is 4.79 Å². The molecule has 1 aliphatic heterocycles. The van der Waals surface area contributed by atoms with E-state index in [4.69, 9.17) is 0 Å². The lowest BCUT2D eigenvalue weighted by molar-refractivity contribution is -0.143. The molecule has 2 aromatic rings. The number of aromatic nitrogens is 3. The first-order valence-corrected chi connectivity index (χ1v) is 9.29. The van der Waals surface area contributed by atoms with Gasteiger partial charge in [-0.1, -0.05) is 6.92 Å². The van der Waals surface area contributed by atoms with Crippen molar-refractivity contribution in [1.82, 2.24) is 19.7 Å². The number of carbonyl (C=O) groups is 2. The van der Waals surface area contributed by atoms with Crippen LogP contribution in [0.4, 0.5) is 0 Å². The van der Waals surface area contributed by atoms with Gasteiger partial charge in [-0.05, 0) is 43.7 Å². The number of carbonyl (C=O) groups excluding carboxylic acids is 1. The third-order valence-corrected chi connectivity index (χ3v) is 6.37. The van der Waals surface area contributed by atoms with Crippen molar-refractivity contribution in [2.75, 3.05) is 0 Å². The molecule has 25 heavy (non-hydrogen) atoms. The molecule has 1 aliphatic carbocycles.